The third-order valence-electron chi connectivity index (χ3n) is 3.12. The molecule has 0 bridgehead atoms. The zero-order valence-electron chi connectivity index (χ0n) is 10.9. The molecule has 1 heterocycles. The Bertz CT molecular complexity index is 724. The van der Waals surface area contributed by atoms with Crippen LogP contribution in [-0.4, -0.2) is 18.0 Å². The van der Waals surface area contributed by atoms with Gasteiger partial charge in [-0.2, -0.15) is 0 Å². The first-order valence-electron chi connectivity index (χ1n) is 6.17. The second-order valence-corrected chi connectivity index (χ2v) is 4.33. The average molecular weight is 267 g/mol. The normalized spacial score (nSPS) is 11.8. The number of furan rings is 1. The Kier molecular flexibility index (Phi) is 3.13. The van der Waals surface area contributed by atoms with Gasteiger partial charge in [-0.1, -0.05) is 23.4 Å². The van der Waals surface area contributed by atoms with Crippen LogP contribution < -0.4 is 4.74 Å². The van der Waals surface area contributed by atoms with Gasteiger partial charge in [-0.05, 0) is 36.4 Å². The van der Waals surface area contributed by atoms with Gasteiger partial charge in [0.2, 0.25) is 0 Å². The number of methoxy groups -OCH3 is 1. The van der Waals surface area contributed by atoms with Crippen LogP contribution in [0, 0.1) is 0 Å². The average Bonchev–Trinajstić information content (AvgIpc) is 2.92. The van der Waals surface area contributed by atoms with Crippen LogP contribution in [0.3, 0.4) is 0 Å². The molecule has 0 amide bonds. The van der Waals surface area contributed by atoms with Gasteiger partial charge in [0.15, 0.2) is 11.5 Å². The molecule has 2 aromatic carbocycles. The van der Waals surface area contributed by atoms with Crippen molar-refractivity contribution in [2.24, 2.45) is 5.16 Å². The number of nitrogens with zero attached hydrogens (tertiary/aromatic N) is 1. The van der Waals surface area contributed by atoms with Gasteiger partial charge >= 0.3 is 0 Å². The number of hydrogen-bond acceptors (Lipinski definition) is 4. The highest BCUT2D eigenvalue weighted by Gasteiger charge is 2.13. The zero-order chi connectivity index (χ0) is 13.9. The summed E-state index contributed by atoms with van der Waals surface area (Å²) in [5.41, 5.74) is 1.91. The molecule has 3 rings (SSSR count). The van der Waals surface area contributed by atoms with E-state index in [1.807, 2.05) is 54.6 Å². The van der Waals surface area contributed by atoms with E-state index >= 15 is 0 Å². The van der Waals surface area contributed by atoms with Crippen LogP contribution in [0.15, 0.2) is 64.2 Å². The molecule has 100 valence electrons. The molecular formula is C16H13NO3. The Balaban J connectivity index is 2.04. The van der Waals surface area contributed by atoms with Crippen LogP contribution in [0.4, 0.5) is 0 Å². The number of oxime groups is 1. The van der Waals surface area contributed by atoms with Crippen LogP contribution in [0.25, 0.3) is 11.0 Å². The molecule has 0 atom stereocenters. The van der Waals surface area contributed by atoms with Crippen molar-refractivity contribution in [2.45, 2.75) is 0 Å². The largest absolute Gasteiger partial charge is 0.497 e. The minimum atomic E-state index is 0.392. The fourth-order valence-corrected chi connectivity index (χ4v) is 2.10. The first-order valence-corrected chi connectivity index (χ1v) is 6.17. The molecule has 3 aromatic rings. The van der Waals surface area contributed by atoms with Crippen molar-refractivity contribution in [3.63, 3.8) is 0 Å². The molecule has 4 nitrogen and oxygen atoms in total. The van der Waals surface area contributed by atoms with Crippen molar-refractivity contribution in [2.75, 3.05) is 7.11 Å². The van der Waals surface area contributed by atoms with E-state index in [0.29, 0.717) is 11.5 Å². The molecule has 1 aromatic heterocycles. The highest BCUT2D eigenvalue weighted by molar-refractivity contribution is 6.12. The van der Waals surface area contributed by atoms with Crippen molar-refractivity contribution in [1.82, 2.24) is 0 Å². The van der Waals surface area contributed by atoms with E-state index < -0.39 is 0 Å². The van der Waals surface area contributed by atoms with Crippen LogP contribution in [0.5, 0.6) is 5.75 Å². The summed E-state index contributed by atoms with van der Waals surface area (Å²) in [4.78, 5) is 0. The highest BCUT2D eigenvalue weighted by atomic mass is 16.5. The number of benzene rings is 2. The van der Waals surface area contributed by atoms with Crippen LogP contribution >= 0.6 is 0 Å². The first-order chi connectivity index (χ1) is 9.81. The molecule has 0 saturated heterocycles. The summed E-state index contributed by atoms with van der Waals surface area (Å²) in [6.45, 7) is 0. The summed E-state index contributed by atoms with van der Waals surface area (Å²) in [5, 5.41) is 13.6. The lowest BCUT2D eigenvalue weighted by Gasteiger charge is -2.03. The Morgan fingerprint density at radius 3 is 2.50 bits per heavy atom. The van der Waals surface area contributed by atoms with Crippen molar-refractivity contribution < 1.29 is 14.4 Å². The molecule has 0 aliphatic carbocycles. The summed E-state index contributed by atoms with van der Waals surface area (Å²) in [5.74, 6) is 1.27. The molecule has 1 N–H and O–H groups in total. The van der Waals surface area contributed by atoms with Gasteiger partial charge < -0.3 is 14.4 Å². The second kappa shape index (κ2) is 5.09. The monoisotopic (exact) mass is 267 g/mol. The summed E-state index contributed by atoms with van der Waals surface area (Å²) in [6.07, 6.45) is 0. The molecule has 0 spiro atoms. The quantitative estimate of drug-likeness (QED) is 0.447. The maximum atomic E-state index is 9.28. The van der Waals surface area contributed by atoms with Gasteiger partial charge in [0.1, 0.15) is 11.3 Å². The molecule has 4 heteroatoms. The number of rotatable bonds is 3. The van der Waals surface area contributed by atoms with E-state index in [4.69, 9.17) is 9.15 Å². The second-order valence-electron chi connectivity index (χ2n) is 4.33. The van der Waals surface area contributed by atoms with Crippen LogP contribution in [0.1, 0.15) is 11.3 Å². The smallest absolute Gasteiger partial charge is 0.157 e. The Labute approximate surface area is 115 Å². The van der Waals surface area contributed by atoms with Gasteiger partial charge in [-0.25, -0.2) is 0 Å². The van der Waals surface area contributed by atoms with Crippen LogP contribution in [-0.2, 0) is 0 Å². The topological polar surface area (TPSA) is 55.0 Å². The Hall–Kier alpha value is -2.75. The minimum absolute atomic E-state index is 0.392. The molecule has 20 heavy (non-hydrogen) atoms. The number of para-hydroxylation sites is 1. The predicted octanol–water partition coefficient (Wildman–Crippen LogP) is 3.67. The highest BCUT2D eigenvalue weighted by Crippen LogP contribution is 2.22. The number of hydrogen-bond donors (Lipinski definition) is 1. The van der Waals surface area contributed by atoms with Crippen LogP contribution in [0.2, 0.25) is 0 Å². The molecule has 0 aliphatic rings. The maximum absolute atomic E-state index is 9.28. The number of ether oxygens (including phenoxy) is 1. The van der Waals surface area contributed by atoms with Crippen molar-refractivity contribution >= 4 is 16.7 Å². The standard InChI is InChI=1S/C16H13NO3/c1-19-13-8-6-11(7-9-13)16(17-18)15-10-12-4-2-3-5-14(12)20-15/h2-10,18H,1H3/b17-16+. The molecule has 0 unspecified atom stereocenters. The number of fused-ring (bicyclic) bond motifs is 1. The molecule has 0 saturated carbocycles. The maximum Gasteiger partial charge on any atom is 0.157 e. The molecule has 0 fully saturated rings. The van der Waals surface area contributed by atoms with E-state index in [-0.39, 0.29) is 0 Å². The van der Waals surface area contributed by atoms with E-state index in [1.54, 1.807) is 7.11 Å². The minimum Gasteiger partial charge on any atom is -0.497 e. The molecular weight excluding hydrogens is 254 g/mol. The first kappa shape index (κ1) is 12.3. The lowest BCUT2D eigenvalue weighted by atomic mass is 10.1. The van der Waals surface area contributed by atoms with Gasteiger partial charge in [-0.15, -0.1) is 0 Å². The van der Waals surface area contributed by atoms with Crippen molar-refractivity contribution in [1.29, 1.82) is 0 Å². The fourth-order valence-electron chi connectivity index (χ4n) is 2.10. The lowest BCUT2D eigenvalue weighted by molar-refractivity contribution is 0.318. The summed E-state index contributed by atoms with van der Waals surface area (Å²) >= 11 is 0. The fraction of sp³-hybridized carbons (Fsp3) is 0.0625. The van der Waals surface area contributed by atoms with Gasteiger partial charge in [-0.3, -0.25) is 0 Å². The SMILES string of the molecule is COc1ccc(/C(=N\O)c2cc3ccccc3o2)cc1. The zero-order valence-corrected chi connectivity index (χ0v) is 10.9. The van der Waals surface area contributed by atoms with Gasteiger partial charge in [0.25, 0.3) is 0 Å². The van der Waals surface area contributed by atoms with Gasteiger partial charge in [0, 0.05) is 10.9 Å². The predicted molar refractivity (Wildman–Crippen MR) is 76.6 cm³/mol. The molecule has 0 aliphatic heterocycles. The Morgan fingerprint density at radius 1 is 1.10 bits per heavy atom. The molecule has 0 radical (unpaired) electrons. The van der Waals surface area contributed by atoms with Gasteiger partial charge in [0.05, 0.1) is 7.11 Å². The van der Waals surface area contributed by atoms with E-state index in [0.717, 1.165) is 22.3 Å². The summed E-state index contributed by atoms with van der Waals surface area (Å²) < 4.78 is 10.8. The third-order valence-corrected chi connectivity index (χ3v) is 3.12. The van der Waals surface area contributed by atoms with Crippen molar-refractivity contribution in [3.05, 3.63) is 65.9 Å². The Morgan fingerprint density at radius 2 is 1.85 bits per heavy atom. The lowest BCUT2D eigenvalue weighted by Crippen LogP contribution is -2.01. The van der Waals surface area contributed by atoms with E-state index in [2.05, 4.69) is 5.16 Å². The van der Waals surface area contributed by atoms with E-state index in [1.165, 1.54) is 0 Å². The summed E-state index contributed by atoms with van der Waals surface area (Å²) in [6, 6.07) is 16.8. The van der Waals surface area contributed by atoms with E-state index in [9.17, 15) is 5.21 Å². The summed E-state index contributed by atoms with van der Waals surface area (Å²) in [7, 11) is 1.61. The third kappa shape index (κ3) is 2.12. The van der Waals surface area contributed by atoms with Crippen molar-refractivity contribution in [3.8, 4) is 5.75 Å².